The molecule has 2 heterocycles. The van der Waals surface area contributed by atoms with Gasteiger partial charge < -0.3 is 9.67 Å². The molecular formula is C22H18Br2N4O2. The largest absolute Gasteiger partial charge is 0.478 e. The zero-order chi connectivity index (χ0) is 21.4. The molecule has 2 aromatic carbocycles. The van der Waals surface area contributed by atoms with E-state index in [0.717, 1.165) is 28.0 Å². The Kier molecular flexibility index (Phi) is 5.71. The van der Waals surface area contributed by atoms with Gasteiger partial charge in [0.1, 0.15) is 16.9 Å². The molecule has 6 nitrogen and oxygen atoms in total. The van der Waals surface area contributed by atoms with Crippen LogP contribution in [0.25, 0.3) is 22.2 Å². The first-order chi connectivity index (χ1) is 14.4. The second-order valence-corrected chi connectivity index (χ2v) is 8.74. The van der Waals surface area contributed by atoms with E-state index in [-0.39, 0.29) is 5.92 Å². The Morgan fingerprint density at radius 2 is 1.70 bits per heavy atom. The van der Waals surface area contributed by atoms with Crippen LogP contribution in [0.1, 0.15) is 41.5 Å². The molecule has 0 fully saturated rings. The first-order valence-corrected chi connectivity index (χ1v) is 10.9. The van der Waals surface area contributed by atoms with Crippen LogP contribution < -0.4 is 0 Å². The Hall–Kier alpha value is -2.58. The molecule has 8 heteroatoms. The highest BCUT2D eigenvalue weighted by molar-refractivity contribution is 9.11. The van der Waals surface area contributed by atoms with E-state index in [1.54, 1.807) is 12.1 Å². The number of aromatic carboxylic acids is 1. The fraction of sp³-hybridized carbons (Fsp3) is 0.182. The summed E-state index contributed by atoms with van der Waals surface area (Å²) in [5, 5.41) is 17.7. The third kappa shape index (κ3) is 3.77. The highest BCUT2D eigenvalue weighted by Gasteiger charge is 2.20. The molecule has 2 aromatic heterocycles. The minimum absolute atomic E-state index is 0.220. The van der Waals surface area contributed by atoms with Gasteiger partial charge in [0.15, 0.2) is 9.21 Å². The van der Waals surface area contributed by atoms with Gasteiger partial charge in [-0.1, -0.05) is 56.3 Å². The predicted octanol–water partition coefficient (Wildman–Crippen LogP) is 5.89. The molecule has 0 aliphatic carbocycles. The molecule has 0 spiro atoms. The molecule has 152 valence electrons. The molecule has 0 amide bonds. The third-order valence-corrected chi connectivity index (χ3v) is 5.96. The lowest BCUT2D eigenvalue weighted by Crippen LogP contribution is -2.07. The zero-order valence-corrected chi connectivity index (χ0v) is 19.5. The maximum absolute atomic E-state index is 11.5. The maximum Gasteiger partial charge on any atom is 0.336 e. The van der Waals surface area contributed by atoms with E-state index in [0.29, 0.717) is 26.9 Å². The predicted molar refractivity (Wildman–Crippen MR) is 123 cm³/mol. The number of nitrogens with zero attached hydrogens (tertiary/aromatic N) is 4. The van der Waals surface area contributed by atoms with Gasteiger partial charge in [-0.15, -0.1) is 10.2 Å². The SMILES string of the molecule is CC(C)c1nc2c(Br)nnc(Br)c2n1Cc1ccc(-c2ccccc2C(=O)O)cc1. The molecule has 0 unspecified atom stereocenters. The number of aromatic nitrogens is 4. The lowest BCUT2D eigenvalue weighted by Gasteiger charge is -2.13. The van der Waals surface area contributed by atoms with Gasteiger partial charge in [0.2, 0.25) is 0 Å². The molecule has 0 aliphatic rings. The number of hydrogen-bond acceptors (Lipinski definition) is 4. The third-order valence-electron chi connectivity index (χ3n) is 4.89. The molecule has 0 saturated carbocycles. The second kappa shape index (κ2) is 8.28. The van der Waals surface area contributed by atoms with E-state index >= 15 is 0 Å². The van der Waals surface area contributed by atoms with Crippen LogP contribution in [0.4, 0.5) is 0 Å². The molecule has 0 bridgehead atoms. The van der Waals surface area contributed by atoms with Crippen LogP contribution in [0.15, 0.2) is 57.7 Å². The minimum Gasteiger partial charge on any atom is -0.478 e. The average molecular weight is 530 g/mol. The molecular weight excluding hydrogens is 512 g/mol. The van der Waals surface area contributed by atoms with E-state index in [1.807, 2.05) is 36.4 Å². The van der Waals surface area contributed by atoms with Crippen molar-refractivity contribution >= 4 is 48.9 Å². The Morgan fingerprint density at radius 3 is 2.37 bits per heavy atom. The Labute approximate surface area is 190 Å². The van der Waals surface area contributed by atoms with Crippen molar-refractivity contribution in [2.75, 3.05) is 0 Å². The van der Waals surface area contributed by atoms with Crippen LogP contribution in [0.5, 0.6) is 0 Å². The van der Waals surface area contributed by atoms with Gasteiger partial charge in [-0.25, -0.2) is 9.78 Å². The number of rotatable bonds is 5. The summed E-state index contributed by atoms with van der Waals surface area (Å²) in [7, 11) is 0. The second-order valence-electron chi connectivity index (χ2n) is 7.24. The van der Waals surface area contributed by atoms with Crippen molar-refractivity contribution in [1.29, 1.82) is 0 Å². The fourth-order valence-electron chi connectivity index (χ4n) is 3.50. The Morgan fingerprint density at radius 1 is 1.03 bits per heavy atom. The van der Waals surface area contributed by atoms with Crippen molar-refractivity contribution < 1.29 is 9.90 Å². The molecule has 0 radical (unpaired) electrons. The standard InChI is InChI=1S/C22H18Br2N4O2/c1-12(2)21-25-17-18(20(24)27-26-19(17)23)28(21)11-13-7-9-14(10-8-13)15-5-3-4-6-16(15)22(29)30/h3-10,12H,11H2,1-2H3,(H,29,30). The van der Waals surface area contributed by atoms with Gasteiger partial charge >= 0.3 is 5.97 Å². The van der Waals surface area contributed by atoms with Crippen molar-refractivity contribution in [1.82, 2.24) is 19.7 Å². The molecule has 4 aromatic rings. The number of benzene rings is 2. The lowest BCUT2D eigenvalue weighted by molar-refractivity contribution is 0.0697. The number of fused-ring (bicyclic) bond motifs is 1. The van der Waals surface area contributed by atoms with Gasteiger partial charge in [0.25, 0.3) is 0 Å². The zero-order valence-electron chi connectivity index (χ0n) is 16.3. The molecule has 1 N–H and O–H groups in total. The van der Waals surface area contributed by atoms with Gasteiger partial charge in [-0.2, -0.15) is 0 Å². The molecule has 0 atom stereocenters. The normalized spacial score (nSPS) is 11.4. The highest BCUT2D eigenvalue weighted by Crippen LogP contribution is 2.31. The Balaban J connectivity index is 1.75. The van der Waals surface area contributed by atoms with Crippen LogP contribution in [0.3, 0.4) is 0 Å². The van der Waals surface area contributed by atoms with E-state index in [9.17, 15) is 9.90 Å². The number of halogens is 2. The summed E-state index contributed by atoms with van der Waals surface area (Å²) in [4.78, 5) is 16.3. The monoisotopic (exact) mass is 528 g/mol. The van der Waals surface area contributed by atoms with Gasteiger partial charge in [-0.3, -0.25) is 0 Å². The number of carboxylic acids is 1. The number of carboxylic acid groups (broad SMARTS) is 1. The van der Waals surface area contributed by atoms with E-state index in [4.69, 9.17) is 4.98 Å². The number of hydrogen-bond donors (Lipinski definition) is 1. The topological polar surface area (TPSA) is 80.9 Å². The quantitative estimate of drug-likeness (QED) is 0.348. The van der Waals surface area contributed by atoms with Gasteiger partial charge in [0.05, 0.1) is 5.56 Å². The van der Waals surface area contributed by atoms with Crippen LogP contribution in [-0.4, -0.2) is 30.8 Å². The van der Waals surface area contributed by atoms with E-state index in [1.165, 1.54) is 0 Å². The molecule has 4 rings (SSSR count). The average Bonchev–Trinajstić information content (AvgIpc) is 3.12. The summed E-state index contributed by atoms with van der Waals surface area (Å²) in [6.07, 6.45) is 0. The van der Waals surface area contributed by atoms with Gasteiger partial charge in [-0.05, 0) is 54.6 Å². The van der Waals surface area contributed by atoms with Crippen molar-refractivity contribution in [3.63, 3.8) is 0 Å². The first kappa shape index (κ1) is 20.7. The summed E-state index contributed by atoms with van der Waals surface area (Å²) in [5.41, 5.74) is 4.60. The van der Waals surface area contributed by atoms with Crippen molar-refractivity contribution in [2.24, 2.45) is 0 Å². The first-order valence-electron chi connectivity index (χ1n) is 9.36. The number of imidazole rings is 1. The molecule has 0 saturated heterocycles. The summed E-state index contributed by atoms with van der Waals surface area (Å²) >= 11 is 6.96. The van der Waals surface area contributed by atoms with Crippen molar-refractivity contribution in [2.45, 2.75) is 26.3 Å². The van der Waals surface area contributed by atoms with E-state index in [2.05, 4.69) is 60.5 Å². The summed E-state index contributed by atoms with van der Waals surface area (Å²) in [6.45, 7) is 4.82. The lowest BCUT2D eigenvalue weighted by atomic mass is 9.98. The van der Waals surface area contributed by atoms with Crippen LogP contribution in [0.2, 0.25) is 0 Å². The summed E-state index contributed by atoms with van der Waals surface area (Å²) < 4.78 is 3.40. The summed E-state index contributed by atoms with van der Waals surface area (Å²) in [5.74, 6) is 0.233. The molecule has 0 aliphatic heterocycles. The van der Waals surface area contributed by atoms with Crippen LogP contribution in [-0.2, 0) is 6.54 Å². The van der Waals surface area contributed by atoms with Crippen molar-refractivity contribution in [3.05, 3.63) is 74.7 Å². The van der Waals surface area contributed by atoms with Gasteiger partial charge in [0, 0.05) is 12.5 Å². The smallest absolute Gasteiger partial charge is 0.336 e. The van der Waals surface area contributed by atoms with Crippen LogP contribution >= 0.6 is 31.9 Å². The summed E-state index contributed by atoms with van der Waals surface area (Å²) in [6, 6.07) is 15.0. The minimum atomic E-state index is -0.933. The van der Waals surface area contributed by atoms with Crippen molar-refractivity contribution in [3.8, 4) is 11.1 Å². The Bertz CT molecular complexity index is 1250. The highest BCUT2D eigenvalue weighted by atomic mass is 79.9. The maximum atomic E-state index is 11.5. The van der Waals surface area contributed by atoms with E-state index < -0.39 is 5.97 Å². The fourth-order valence-corrected chi connectivity index (χ4v) is 4.34. The number of carbonyl (C=O) groups is 1. The van der Waals surface area contributed by atoms with Crippen LogP contribution in [0, 0.1) is 0 Å². The molecule has 30 heavy (non-hydrogen) atoms.